The van der Waals surface area contributed by atoms with Crippen LogP contribution in [0.25, 0.3) is 0 Å². The van der Waals surface area contributed by atoms with E-state index >= 15 is 0 Å². The zero-order chi connectivity index (χ0) is 13.5. The Morgan fingerprint density at radius 3 is 2.39 bits per heavy atom. The molecule has 100 valence electrons. The third kappa shape index (κ3) is 5.27. The molecule has 0 saturated heterocycles. The van der Waals surface area contributed by atoms with Crippen molar-refractivity contribution in [2.45, 2.75) is 45.6 Å². The molecule has 0 fully saturated rings. The summed E-state index contributed by atoms with van der Waals surface area (Å²) in [6.07, 6.45) is 3.15. The summed E-state index contributed by atoms with van der Waals surface area (Å²) in [5, 5.41) is 20.2. The number of rotatable bonds is 7. The second-order valence-electron chi connectivity index (χ2n) is 5.10. The normalized spacial score (nSPS) is 12.7. The van der Waals surface area contributed by atoms with Gasteiger partial charge in [-0.1, -0.05) is 26.0 Å². The highest BCUT2D eigenvalue weighted by molar-refractivity contribution is 5.32. The Balaban J connectivity index is 2.33. The molecule has 1 rings (SSSR count). The summed E-state index contributed by atoms with van der Waals surface area (Å²) >= 11 is 0. The van der Waals surface area contributed by atoms with Crippen molar-refractivity contribution in [1.29, 1.82) is 0 Å². The summed E-state index contributed by atoms with van der Waals surface area (Å²) in [5.74, 6) is 0.513. The molecule has 18 heavy (non-hydrogen) atoms. The number of hydrogen-bond acceptors (Lipinski definition) is 3. The van der Waals surface area contributed by atoms with Gasteiger partial charge in [0.25, 0.3) is 5.69 Å². The van der Waals surface area contributed by atoms with E-state index in [1.807, 2.05) is 0 Å². The molecule has 1 aromatic carbocycles. The highest BCUT2D eigenvalue weighted by Gasteiger charge is 2.07. The van der Waals surface area contributed by atoms with Crippen LogP contribution >= 0.6 is 0 Å². The van der Waals surface area contributed by atoms with E-state index in [0.29, 0.717) is 5.92 Å². The van der Waals surface area contributed by atoms with E-state index in [9.17, 15) is 15.2 Å². The standard InChI is InChI=1S/C14H21NO3/c1-11(2)10-14(16)5-3-4-12-6-8-13(9-7-12)15(17)18/h6-9,11,14,16H,3-5,10H2,1-2H3. The molecule has 0 aromatic heterocycles. The van der Waals surface area contributed by atoms with Gasteiger partial charge in [0.2, 0.25) is 0 Å². The minimum Gasteiger partial charge on any atom is -0.393 e. The van der Waals surface area contributed by atoms with Crippen LogP contribution in [-0.2, 0) is 6.42 Å². The maximum absolute atomic E-state index is 10.5. The van der Waals surface area contributed by atoms with Crippen molar-refractivity contribution >= 4 is 5.69 Å². The van der Waals surface area contributed by atoms with E-state index in [1.165, 1.54) is 12.1 Å². The number of benzene rings is 1. The smallest absolute Gasteiger partial charge is 0.269 e. The molecule has 1 N–H and O–H groups in total. The van der Waals surface area contributed by atoms with E-state index in [4.69, 9.17) is 0 Å². The number of nitro benzene ring substituents is 1. The number of hydrogen-bond donors (Lipinski definition) is 1. The van der Waals surface area contributed by atoms with Crippen molar-refractivity contribution in [3.8, 4) is 0 Å². The average molecular weight is 251 g/mol. The highest BCUT2D eigenvalue weighted by Crippen LogP contribution is 2.15. The number of aliphatic hydroxyl groups is 1. The van der Waals surface area contributed by atoms with Gasteiger partial charge in [0.15, 0.2) is 0 Å². The predicted octanol–water partition coefficient (Wildman–Crippen LogP) is 3.32. The Labute approximate surface area is 108 Å². The first-order valence-corrected chi connectivity index (χ1v) is 6.40. The first-order chi connectivity index (χ1) is 8.49. The van der Waals surface area contributed by atoms with E-state index in [2.05, 4.69) is 13.8 Å². The van der Waals surface area contributed by atoms with Crippen LogP contribution in [0.15, 0.2) is 24.3 Å². The zero-order valence-electron chi connectivity index (χ0n) is 11.0. The fourth-order valence-corrected chi connectivity index (χ4v) is 1.99. The Bertz CT molecular complexity index is 373. The quantitative estimate of drug-likeness (QED) is 0.597. The molecule has 0 spiro atoms. The molecule has 1 aromatic rings. The summed E-state index contributed by atoms with van der Waals surface area (Å²) < 4.78 is 0. The summed E-state index contributed by atoms with van der Waals surface area (Å²) in [6.45, 7) is 4.19. The number of non-ortho nitro benzene ring substituents is 1. The highest BCUT2D eigenvalue weighted by atomic mass is 16.6. The van der Waals surface area contributed by atoms with Gasteiger partial charge in [-0.25, -0.2) is 0 Å². The van der Waals surface area contributed by atoms with Gasteiger partial charge < -0.3 is 5.11 Å². The Morgan fingerprint density at radius 1 is 1.28 bits per heavy atom. The van der Waals surface area contributed by atoms with Gasteiger partial charge in [-0.2, -0.15) is 0 Å². The second kappa shape index (κ2) is 7.11. The first kappa shape index (κ1) is 14.6. The van der Waals surface area contributed by atoms with Crippen LogP contribution in [0.3, 0.4) is 0 Å². The van der Waals surface area contributed by atoms with E-state index in [-0.39, 0.29) is 11.8 Å². The first-order valence-electron chi connectivity index (χ1n) is 6.40. The van der Waals surface area contributed by atoms with Gasteiger partial charge in [-0.3, -0.25) is 10.1 Å². The lowest BCUT2D eigenvalue weighted by atomic mass is 10.00. The molecule has 0 aliphatic rings. The summed E-state index contributed by atoms with van der Waals surface area (Å²) in [7, 11) is 0. The maximum atomic E-state index is 10.5. The van der Waals surface area contributed by atoms with E-state index in [1.54, 1.807) is 12.1 Å². The van der Waals surface area contributed by atoms with Crippen LogP contribution in [0, 0.1) is 16.0 Å². The molecule has 0 bridgehead atoms. The molecule has 1 unspecified atom stereocenters. The fraction of sp³-hybridized carbons (Fsp3) is 0.571. The van der Waals surface area contributed by atoms with Crippen LogP contribution in [-0.4, -0.2) is 16.1 Å². The van der Waals surface area contributed by atoms with Crippen LogP contribution in [0.1, 0.15) is 38.7 Å². The lowest BCUT2D eigenvalue weighted by Crippen LogP contribution is -2.10. The third-order valence-corrected chi connectivity index (χ3v) is 2.89. The maximum Gasteiger partial charge on any atom is 0.269 e. The zero-order valence-corrected chi connectivity index (χ0v) is 11.0. The van der Waals surface area contributed by atoms with Crippen molar-refractivity contribution in [2.24, 2.45) is 5.92 Å². The molecule has 0 amide bonds. The number of aryl methyl sites for hydroxylation is 1. The SMILES string of the molecule is CC(C)CC(O)CCCc1ccc([N+](=O)[O-])cc1. The monoisotopic (exact) mass is 251 g/mol. The number of aliphatic hydroxyl groups excluding tert-OH is 1. The van der Waals surface area contributed by atoms with Crippen molar-refractivity contribution in [1.82, 2.24) is 0 Å². The van der Waals surface area contributed by atoms with Gasteiger partial charge in [0.1, 0.15) is 0 Å². The van der Waals surface area contributed by atoms with E-state index < -0.39 is 4.92 Å². The second-order valence-corrected chi connectivity index (χ2v) is 5.10. The average Bonchev–Trinajstić information content (AvgIpc) is 2.28. The Morgan fingerprint density at radius 2 is 1.89 bits per heavy atom. The van der Waals surface area contributed by atoms with Crippen LogP contribution in [0.5, 0.6) is 0 Å². The third-order valence-electron chi connectivity index (χ3n) is 2.89. The van der Waals surface area contributed by atoms with Gasteiger partial charge >= 0.3 is 0 Å². The van der Waals surface area contributed by atoms with Crippen molar-refractivity contribution in [3.63, 3.8) is 0 Å². The molecule has 0 heterocycles. The molecule has 4 nitrogen and oxygen atoms in total. The molecular formula is C14H21NO3. The summed E-state index contributed by atoms with van der Waals surface area (Å²) in [5.41, 5.74) is 1.20. The molecule has 0 saturated carbocycles. The summed E-state index contributed by atoms with van der Waals surface area (Å²) in [6, 6.07) is 6.62. The predicted molar refractivity (Wildman–Crippen MR) is 71.5 cm³/mol. The Kier molecular flexibility index (Phi) is 5.78. The topological polar surface area (TPSA) is 63.4 Å². The van der Waals surface area contributed by atoms with E-state index in [0.717, 1.165) is 31.2 Å². The summed E-state index contributed by atoms with van der Waals surface area (Å²) in [4.78, 5) is 10.1. The van der Waals surface area contributed by atoms with Crippen molar-refractivity contribution in [2.75, 3.05) is 0 Å². The fourth-order valence-electron chi connectivity index (χ4n) is 1.99. The molecule has 0 aliphatic heterocycles. The minimum absolute atomic E-state index is 0.124. The van der Waals surface area contributed by atoms with Crippen molar-refractivity contribution in [3.05, 3.63) is 39.9 Å². The number of nitrogens with zero attached hydrogens (tertiary/aromatic N) is 1. The molecule has 1 atom stereocenters. The van der Waals surface area contributed by atoms with Gasteiger partial charge in [0, 0.05) is 12.1 Å². The number of nitro groups is 1. The molecule has 0 radical (unpaired) electrons. The van der Waals surface area contributed by atoms with Crippen LogP contribution < -0.4 is 0 Å². The molecule has 4 heteroatoms. The van der Waals surface area contributed by atoms with Gasteiger partial charge in [0.05, 0.1) is 11.0 Å². The van der Waals surface area contributed by atoms with Gasteiger partial charge in [-0.05, 0) is 37.2 Å². The lowest BCUT2D eigenvalue weighted by Gasteiger charge is -2.12. The van der Waals surface area contributed by atoms with Crippen molar-refractivity contribution < 1.29 is 10.0 Å². The molecular weight excluding hydrogens is 230 g/mol. The minimum atomic E-state index is -0.393. The largest absolute Gasteiger partial charge is 0.393 e. The molecule has 0 aliphatic carbocycles. The van der Waals surface area contributed by atoms with Crippen LogP contribution in [0.2, 0.25) is 0 Å². The van der Waals surface area contributed by atoms with Gasteiger partial charge in [-0.15, -0.1) is 0 Å². The van der Waals surface area contributed by atoms with Crippen LogP contribution in [0.4, 0.5) is 5.69 Å². The lowest BCUT2D eigenvalue weighted by molar-refractivity contribution is -0.384. The Hall–Kier alpha value is -1.42.